The van der Waals surface area contributed by atoms with Crippen LogP contribution in [0.25, 0.3) is 32.5 Å². The Hall–Kier alpha value is -3.85. The minimum Gasteiger partial charge on any atom is -0.355 e. The Balaban J connectivity index is 1.19. The van der Waals surface area contributed by atoms with Crippen molar-refractivity contribution in [3.63, 3.8) is 0 Å². The zero-order valence-corrected chi connectivity index (χ0v) is 20.6. The summed E-state index contributed by atoms with van der Waals surface area (Å²) in [5.41, 5.74) is 6.68. The second kappa shape index (κ2) is 9.31. The number of nitrogens with one attached hydrogen (secondary N) is 2. The lowest BCUT2D eigenvalue weighted by Crippen LogP contribution is -2.43. The molecule has 2 N–H and O–H groups in total. The fourth-order valence-corrected chi connectivity index (χ4v) is 5.48. The van der Waals surface area contributed by atoms with Gasteiger partial charge < -0.3 is 15.2 Å². The average Bonchev–Trinajstić information content (AvgIpc) is 3.55. The second-order valence-electron chi connectivity index (χ2n) is 9.26. The Bertz CT molecular complexity index is 1580. The minimum atomic E-state index is -0.242. The van der Waals surface area contributed by atoms with Crippen molar-refractivity contribution in [2.45, 2.75) is 26.3 Å². The maximum atomic E-state index is 14.1. The number of nitrogens with zero attached hydrogens (tertiary/aromatic N) is 4. The molecule has 182 valence electrons. The van der Waals surface area contributed by atoms with Gasteiger partial charge in [0.05, 0.1) is 27.0 Å². The summed E-state index contributed by atoms with van der Waals surface area (Å²) in [6, 6.07) is 13.3. The third-order valence-electron chi connectivity index (χ3n) is 6.84. The Morgan fingerprint density at radius 1 is 1.19 bits per heavy atom. The lowest BCUT2D eigenvalue weighted by molar-refractivity contribution is -0.125. The number of anilines is 1. The first-order chi connectivity index (χ1) is 17.5. The molecule has 0 bridgehead atoms. The average molecular weight is 501 g/mol. The van der Waals surface area contributed by atoms with Gasteiger partial charge in [0.2, 0.25) is 5.91 Å². The largest absolute Gasteiger partial charge is 0.355 e. The smallest absolute Gasteiger partial charge is 0.225 e. The molecule has 3 aromatic heterocycles. The summed E-state index contributed by atoms with van der Waals surface area (Å²) in [6.45, 7) is 3.63. The van der Waals surface area contributed by atoms with Crippen LogP contribution in [0, 0.1) is 18.7 Å². The number of thiazole rings is 1. The van der Waals surface area contributed by atoms with Crippen molar-refractivity contribution in [1.29, 1.82) is 0 Å². The molecule has 5 aromatic rings. The Morgan fingerprint density at radius 2 is 2.11 bits per heavy atom. The highest BCUT2D eigenvalue weighted by molar-refractivity contribution is 7.16. The molecule has 0 spiro atoms. The summed E-state index contributed by atoms with van der Waals surface area (Å²) < 4.78 is 15.3. The van der Waals surface area contributed by atoms with Crippen molar-refractivity contribution in [1.82, 2.24) is 25.3 Å². The zero-order chi connectivity index (χ0) is 24.6. The molecule has 1 fully saturated rings. The number of H-pyrrole nitrogens is 1. The van der Waals surface area contributed by atoms with Crippen LogP contribution in [0.2, 0.25) is 0 Å². The lowest BCUT2D eigenvalue weighted by atomic mass is 9.96. The van der Waals surface area contributed by atoms with E-state index in [1.165, 1.54) is 12.4 Å². The normalized spacial score (nSPS) is 16.1. The Kier molecular flexibility index (Phi) is 5.85. The topological polar surface area (TPSA) is 86.8 Å². The maximum Gasteiger partial charge on any atom is 0.225 e. The van der Waals surface area contributed by atoms with Crippen LogP contribution in [0.15, 0.2) is 54.3 Å². The molecule has 6 rings (SSSR count). The molecule has 1 amide bonds. The van der Waals surface area contributed by atoms with Crippen LogP contribution >= 0.6 is 11.3 Å². The van der Waals surface area contributed by atoms with Gasteiger partial charge in [-0.1, -0.05) is 18.2 Å². The predicted molar refractivity (Wildman–Crippen MR) is 140 cm³/mol. The molecule has 0 aliphatic carbocycles. The lowest BCUT2D eigenvalue weighted by Gasteiger charge is -2.33. The summed E-state index contributed by atoms with van der Waals surface area (Å²) in [7, 11) is 0. The number of hydrogen-bond acceptors (Lipinski definition) is 6. The van der Waals surface area contributed by atoms with Gasteiger partial charge in [0, 0.05) is 30.9 Å². The van der Waals surface area contributed by atoms with Crippen molar-refractivity contribution in [2.24, 2.45) is 5.92 Å². The van der Waals surface area contributed by atoms with Gasteiger partial charge >= 0.3 is 0 Å². The molecule has 36 heavy (non-hydrogen) atoms. The molecule has 0 unspecified atom stereocenters. The molecule has 1 saturated heterocycles. The number of hydrogen-bond donors (Lipinski definition) is 2. The van der Waals surface area contributed by atoms with Crippen LogP contribution in [0.4, 0.5) is 10.2 Å². The van der Waals surface area contributed by atoms with Crippen LogP contribution in [-0.4, -0.2) is 38.9 Å². The van der Waals surface area contributed by atoms with E-state index in [4.69, 9.17) is 0 Å². The minimum absolute atomic E-state index is 0.0493. The van der Waals surface area contributed by atoms with E-state index in [1.807, 2.05) is 35.8 Å². The zero-order valence-electron chi connectivity index (χ0n) is 19.8. The third kappa shape index (κ3) is 4.30. The number of carbonyl (C=O) groups excluding carboxylic acids is 1. The van der Waals surface area contributed by atoms with Gasteiger partial charge in [0.15, 0.2) is 0 Å². The standard InChI is InChI=1S/C27H25FN6OS/c1-16-4-6-18(10-21(16)28)22-11-20-25(33-22)30-14-31-26(20)34-8-2-3-19(13-34)27(35)29-12-17-5-7-24-23(9-17)32-15-36-24/h4-7,9-11,14-15,19H,2-3,8,12-13H2,1H3,(H,29,35)(H,30,31,33)/t19-/m0/s1. The molecule has 1 atom stereocenters. The van der Waals surface area contributed by atoms with Crippen LogP contribution in [-0.2, 0) is 11.3 Å². The van der Waals surface area contributed by atoms with E-state index in [-0.39, 0.29) is 17.6 Å². The fraction of sp³-hybridized carbons (Fsp3) is 0.259. The first-order valence-corrected chi connectivity index (χ1v) is 12.9. The monoisotopic (exact) mass is 500 g/mol. The molecule has 0 saturated carbocycles. The molecule has 7 nitrogen and oxygen atoms in total. The fourth-order valence-electron chi connectivity index (χ4n) is 4.83. The molecule has 0 radical (unpaired) electrons. The molecule has 2 aromatic carbocycles. The highest BCUT2D eigenvalue weighted by Gasteiger charge is 2.28. The van der Waals surface area contributed by atoms with Crippen molar-refractivity contribution in [3.8, 4) is 11.3 Å². The van der Waals surface area contributed by atoms with E-state index in [0.717, 1.165) is 57.6 Å². The van der Waals surface area contributed by atoms with Gasteiger partial charge in [-0.25, -0.2) is 19.3 Å². The number of aryl methyl sites for hydroxylation is 1. The van der Waals surface area contributed by atoms with Crippen molar-refractivity contribution in [2.75, 3.05) is 18.0 Å². The SMILES string of the molecule is Cc1ccc(-c2cc3c(N4CCC[C@H](C(=O)NCc5ccc6scnc6c5)C4)ncnc3[nH]2)cc1F. The van der Waals surface area contributed by atoms with Gasteiger partial charge in [-0.3, -0.25) is 4.79 Å². The van der Waals surface area contributed by atoms with Gasteiger partial charge in [0.25, 0.3) is 0 Å². The van der Waals surface area contributed by atoms with E-state index in [2.05, 4.69) is 30.2 Å². The molecular formula is C27H25FN6OS. The van der Waals surface area contributed by atoms with E-state index >= 15 is 0 Å². The summed E-state index contributed by atoms with van der Waals surface area (Å²) >= 11 is 1.61. The van der Waals surface area contributed by atoms with Crippen molar-refractivity contribution >= 4 is 44.3 Å². The molecule has 1 aliphatic rings. The number of piperidine rings is 1. The van der Waals surface area contributed by atoms with Gasteiger partial charge in [-0.15, -0.1) is 11.3 Å². The van der Waals surface area contributed by atoms with E-state index < -0.39 is 0 Å². The number of rotatable bonds is 5. The van der Waals surface area contributed by atoms with Gasteiger partial charge in [0.1, 0.15) is 23.6 Å². The number of aromatic nitrogens is 4. The van der Waals surface area contributed by atoms with Crippen LogP contribution in [0.3, 0.4) is 0 Å². The van der Waals surface area contributed by atoms with Crippen molar-refractivity contribution in [3.05, 3.63) is 71.2 Å². The first kappa shape index (κ1) is 22.6. The Labute approximate surface area is 211 Å². The second-order valence-corrected chi connectivity index (χ2v) is 10.2. The van der Waals surface area contributed by atoms with Crippen LogP contribution in [0.5, 0.6) is 0 Å². The number of benzene rings is 2. The quantitative estimate of drug-likeness (QED) is 0.346. The molecular weight excluding hydrogens is 475 g/mol. The van der Waals surface area contributed by atoms with Crippen LogP contribution < -0.4 is 10.2 Å². The third-order valence-corrected chi connectivity index (χ3v) is 7.65. The molecule has 9 heteroatoms. The predicted octanol–water partition coefficient (Wildman–Crippen LogP) is 5.21. The van der Waals surface area contributed by atoms with Crippen LogP contribution in [0.1, 0.15) is 24.0 Å². The summed E-state index contributed by atoms with van der Waals surface area (Å²) in [5.74, 6) is 0.472. The number of amides is 1. The summed E-state index contributed by atoms with van der Waals surface area (Å²) in [6.07, 6.45) is 3.27. The Morgan fingerprint density at radius 3 is 3.00 bits per heavy atom. The molecule has 1 aliphatic heterocycles. The number of fused-ring (bicyclic) bond motifs is 2. The van der Waals surface area contributed by atoms with Crippen molar-refractivity contribution < 1.29 is 9.18 Å². The van der Waals surface area contributed by atoms with Gasteiger partial charge in [-0.05, 0) is 55.2 Å². The van der Waals surface area contributed by atoms with E-state index in [0.29, 0.717) is 24.3 Å². The highest BCUT2D eigenvalue weighted by atomic mass is 32.1. The van der Waals surface area contributed by atoms with E-state index in [1.54, 1.807) is 24.3 Å². The first-order valence-electron chi connectivity index (χ1n) is 12.0. The number of halogens is 1. The summed E-state index contributed by atoms with van der Waals surface area (Å²) in [5, 5.41) is 3.97. The molecule has 4 heterocycles. The van der Waals surface area contributed by atoms with E-state index in [9.17, 15) is 9.18 Å². The highest BCUT2D eigenvalue weighted by Crippen LogP contribution is 2.31. The maximum absolute atomic E-state index is 14.1. The number of carbonyl (C=O) groups is 1. The summed E-state index contributed by atoms with van der Waals surface area (Å²) in [4.78, 5) is 31.8. The number of aromatic amines is 1. The van der Waals surface area contributed by atoms with Gasteiger partial charge in [-0.2, -0.15) is 0 Å².